The normalized spacial score (nSPS) is 13.4. The van der Waals surface area contributed by atoms with E-state index < -0.39 is 22.0 Å². The molecule has 6 nitrogen and oxygen atoms in total. The summed E-state index contributed by atoms with van der Waals surface area (Å²) in [6.45, 7) is 3.87. The highest BCUT2D eigenvalue weighted by Crippen LogP contribution is 2.10. The number of nitrogens with two attached hydrogens (primary N) is 2. The molecular formula is C13H21N3O3S. The molecule has 0 aliphatic heterocycles. The zero-order valence-electron chi connectivity index (χ0n) is 11.7. The van der Waals surface area contributed by atoms with E-state index in [-0.39, 0.29) is 11.7 Å². The molecule has 1 aromatic carbocycles. The van der Waals surface area contributed by atoms with E-state index in [0.717, 1.165) is 5.56 Å². The van der Waals surface area contributed by atoms with Crippen LogP contribution in [0.15, 0.2) is 24.3 Å². The van der Waals surface area contributed by atoms with Gasteiger partial charge in [0.1, 0.15) is 6.04 Å². The summed E-state index contributed by atoms with van der Waals surface area (Å²) in [5, 5.41) is 0. The molecule has 5 N–H and O–H groups in total. The van der Waals surface area contributed by atoms with Crippen LogP contribution in [0, 0.1) is 5.92 Å². The van der Waals surface area contributed by atoms with Crippen molar-refractivity contribution >= 4 is 15.9 Å². The van der Waals surface area contributed by atoms with Crippen LogP contribution in [0.4, 0.5) is 0 Å². The second kappa shape index (κ2) is 6.83. The standard InChI is InChI=1S/C13H21N3O3S/c1-9(2)12(13(15)17)16-20(18,19)8-11-5-3-10(7-14)4-6-11/h3-6,9,12,16H,7-8,14H2,1-2H3,(H2,15,17). The highest BCUT2D eigenvalue weighted by Gasteiger charge is 2.25. The lowest BCUT2D eigenvalue weighted by atomic mass is 10.1. The fourth-order valence-electron chi connectivity index (χ4n) is 1.75. The first-order chi connectivity index (χ1) is 9.25. The van der Waals surface area contributed by atoms with Crippen LogP contribution in [0.5, 0.6) is 0 Å². The smallest absolute Gasteiger partial charge is 0.235 e. The fraction of sp³-hybridized carbons (Fsp3) is 0.462. The summed E-state index contributed by atoms with van der Waals surface area (Å²) in [5.41, 5.74) is 12.2. The minimum atomic E-state index is -3.63. The second-order valence-electron chi connectivity index (χ2n) is 5.02. The van der Waals surface area contributed by atoms with Crippen LogP contribution in [-0.2, 0) is 27.1 Å². The maximum atomic E-state index is 12.0. The van der Waals surface area contributed by atoms with E-state index in [9.17, 15) is 13.2 Å². The Morgan fingerprint density at radius 3 is 2.10 bits per heavy atom. The summed E-state index contributed by atoms with van der Waals surface area (Å²) < 4.78 is 26.4. The lowest BCUT2D eigenvalue weighted by Crippen LogP contribution is -2.47. The lowest BCUT2D eigenvalue weighted by Gasteiger charge is -2.18. The van der Waals surface area contributed by atoms with Crippen molar-refractivity contribution in [3.8, 4) is 0 Å². The summed E-state index contributed by atoms with van der Waals surface area (Å²) in [4.78, 5) is 11.2. The summed E-state index contributed by atoms with van der Waals surface area (Å²) in [5.74, 6) is -1.09. The van der Waals surface area contributed by atoms with E-state index >= 15 is 0 Å². The number of rotatable bonds is 7. The average molecular weight is 299 g/mol. The first kappa shape index (κ1) is 16.6. The summed E-state index contributed by atoms with van der Waals surface area (Å²) >= 11 is 0. The zero-order valence-corrected chi connectivity index (χ0v) is 12.5. The molecule has 0 saturated carbocycles. The van der Waals surface area contributed by atoms with Crippen molar-refractivity contribution in [3.63, 3.8) is 0 Å². The molecule has 0 saturated heterocycles. The Morgan fingerprint density at radius 1 is 1.20 bits per heavy atom. The van der Waals surface area contributed by atoms with Crippen LogP contribution in [0.2, 0.25) is 0 Å². The van der Waals surface area contributed by atoms with Crippen molar-refractivity contribution in [3.05, 3.63) is 35.4 Å². The van der Waals surface area contributed by atoms with E-state index in [1.54, 1.807) is 38.1 Å². The molecule has 0 aliphatic carbocycles. The molecular weight excluding hydrogens is 278 g/mol. The maximum Gasteiger partial charge on any atom is 0.235 e. The van der Waals surface area contributed by atoms with Crippen molar-refractivity contribution in [1.82, 2.24) is 4.72 Å². The third kappa shape index (κ3) is 4.92. The Labute approximate surface area is 119 Å². The third-order valence-corrected chi connectivity index (χ3v) is 4.22. The molecule has 0 aliphatic rings. The number of carbonyl (C=O) groups excluding carboxylic acids is 1. The van der Waals surface area contributed by atoms with E-state index in [1.807, 2.05) is 0 Å². The van der Waals surface area contributed by atoms with E-state index in [0.29, 0.717) is 12.1 Å². The molecule has 1 aromatic rings. The van der Waals surface area contributed by atoms with Gasteiger partial charge in [0.2, 0.25) is 15.9 Å². The molecule has 0 heterocycles. The van der Waals surface area contributed by atoms with Gasteiger partial charge in [-0.2, -0.15) is 0 Å². The molecule has 112 valence electrons. The highest BCUT2D eigenvalue weighted by atomic mass is 32.2. The summed E-state index contributed by atoms with van der Waals surface area (Å²) in [6, 6.07) is 6.06. The molecule has 1 rings (SSSR count). The molecule has 1 atom stereocenters. The van der Waals surface area contributed by atoms with E-state index in [2.05, 4.69) is 4.72 Å². The summed E-state index contributed by atoms with van der Waals surface area (Å²) in [7, 11) is -3.63. The van der Waals surface area contributed by atoms with Gasteiger partial charge in [0, 0.05) is 6.54 Å². The van der Waals surface area contributed by atoms with Crippen LogP contribution in [-0.4, -0.2) is 20.4 Å². The molecule has 0 aromatic heterocycles. The molecule has 0 fully saturated rings. The Kier molecular flexibility index (Phi) is 5.67. The minimum absolute atomic E-state index is 0.200. The molecule has 1 unspecified atom stereocenters. The Morgan fingerprint density at radius 2 is 1.70 bits per heavy atom. The Balaban J connectivity index is 2.80. The quantitative estimate of drug-likeness (QED) is 0.661. The average Bonchev–Trinajstić information content (AvgIpc) is 2.36. The number of nitrogens with one attached hydrogen (secondary N) is 1. The van der Waals surface area contributed by atoms with Gasteiger partial charge in [0.05, 0.1) is 5.75 Å². The zero-order chi connectivity index (χ0) is 15.3. The highest BCUT2D eigenvalue weighted by molar-refractivity contribution is 7.88. The van der Waals surface area contributed by atoms with E-state index in [1.165, 1.54) is 0 Å². The molecule has 1 amide bonds. The predicted molar refractivity (Wildman–Crippen MR) is 77.9 cm³/mol. The Bertz CT molecular complexity index is 553. The van der Waals surface area contributed by atoms with Gasteiger partial charge >= 0.3 is 0 Å². The first-order valence-electron chi connectivity index (χ1n) is 6.32. The monoisotopic (exact) mass is 299 g/mol. The van der Waals surface area contributed by atoms with Crippen molar-refractivity contribution in [2.75, 3.05) is 0 Å². The van der Waals surface area contributed by atoms with Gasteiger partial charge in [0.15, 0.2) is 0 Å². The molecule has 20 heavy (non-hydrogen) atoms. The minimum Gasteiger partial charge on any atom is -0.368 e. The molecule has 7 heteroatoms. The topological polar surface area (TPSA) is 115 Å². The molecule has 0 bridgehead atoms. The van der Waals surface area contributed by atoms with Gasteiger partial charge in [-0.1, -0.05) is 38.1 Å². The number of benzene rings is 1. The van der Waals surface area contributed by atoms with Gasteiger partial charge < -0.3 is 11.5 Å². The number of amides is 1. The van der Waals surface area contributed by atoms with Crippen LogP contribution >= 0.6 is 0 Å². The van der Waals surface area contributed by atoms with Gasteiger partial charge in [-0.3, -0.25) is 4.79 Å². The van der Waals surface area contributed by atoms with E-state index in [4.69, 9.17) is 11.5 Å². The largest absolute Gasteiger partial charge is 0.368 e. The summed E-state index contributed by atoms with van der Waals surface area (Å²) in [6.07, 6.45) is 0. The van der Waals surface area contributed by atoms with Gasteiger partial charge in [-0.15, -0.1) is 0 Å². The third-order valence-electron chi connectivity index (χ3n) is 2.90. The van der Waals surface area contributed by atoms with Crippen molar-refractivity contribution < 1.29 is 13.2 Å². The molecule has 0 spiro atoms. The number of hydrogen-bond acceptors (Lipinski definition) is 4. The van der Waals surface area contributed by atoms with Gasteiger partial charge in [-0.05, 0) is 17.0 Å². The van der Waals surface area contributed by atoms with Crippen LogP contribution < -0.4 is 16.2 Å². The predicted octanol–water partition coefficient (Wildman–Crippen LogP) is 0.0746. The first-order valence-corrected chi connectivity index (χ1v) is 7.97. The maximum absolute atomic E-state index is 12.0. The molecule has 0 radical (unpaired) electrons. The van der Waals surface area contributed by atoms with Crippen molar-refractivity contribution in [2.24, 2.45) is 17.4 Å². The number of sulfonamides is 1. The Hall–Kier alpha value is -1.44. The number of hydrogen-bond donors (Lipinski definition) is 3. The van der Waals surface area contributed by atoms with Crippen molar-refractivity contribution in [1.29, 1.82) is 0 Å². The van der Waals surface area contributed by atoms with Crippen LogP contribution in [0.25, 0.3) is 0 Å². The van der Waals surface area contributed by atoms with Crippen LogP contribution in [0.3, 0.4) is 0 Å². The van der Waals surface area contributed by atoms with Gasteiger partial charge in [-0.25, -0.2) is 13.1 Å². The fourth-order valence-corrected chi connectivity index (χ4v) is 3.24. The SMILES string of the molecule is CC(C)C(NS(=O)(=O)Cc1ccc(CN)cc1)C(N)=O. The number of carbonyl (C=O) groups is 1. The van der Waals surface area contributed by atoms with Crippen LogP contribution in [0.1, 0.15) is 25.0 Å². The number of primary amides is 1. The second-order valence-corrected chi connectivity index (χ2v) is 6.78. The lowest BCUT2D eigenvalue weighted by molar-refractivity contribution is -0.120. The van der Waals surface area contributed by atoms with Gasteiger partial charge in [0.25, 0.3) is 0 Å². The van der Waals surface area contributed by atoms with Crippen molar-refractivity contribution in [2.45, 2.75) is 32.2 Å².